The predicted octanol–water partition coefficient (Wildman–Crippen LogP) is 4.84. The molecule has 1 aromatic carbocycles. The van der Waals surface area contributed by atoms with Crippen molar-refractivity contribution in [3.05, 3.63) is 58.1 Å². The molecule has 0 aliphatic carbocycles. The van der Waals surface area contributed by atoms with Crippen LogP contribution < -0.4 is 11.1 Å². The summed E-state index contributed by atoms with van der Waals surface area (Å²) in [4.78, 5) is 14.6. The van der Waals surface area contributed by atoms with Crippen molar-refractivity contribution in [2.75, 3.05) is 18.8 Å². The Bertz CT molecular complexity index is 1170. The molecule has 0 saturated carbocycles. The molecule has 140 valence electrons. The van der Waals surface area contributed by atoms with E-state index in [0.717, 1.165) is 51.1 Å². The molecule has 1 saturated heterocycles. The first-order valence-corrected chi connectivity index (χ1v) is 10.8. The van der Waals surface area contributed by atoms with Crippen LogP contribution in [0, 0.1) is 0 Å². The van der Waals surface area contributed by atoms with Crippen LogP contribution in [0.3, 0.4) is 0 Å². The third-order valence-corrected chi connectivity index (χ3v) is 6.93. The Kier molecular flexibility index (Phi) is 4.58. The van der Waals surface area contributed by atoms with Gasteiger partial charge in [0.25, 0.3) is 0 Å². The standard InChI is InChI=1S/C21H18BrN5S/c22-13-7-18(28-10-13)16-8-17(27-21-19(16)20(23)25-11-26-21)15-4-2-1-3-14(15)12-5-6-24-9-12/h1-4,7-8,10-12,24H,5-6,9H2,(H2,23,25,26,27). The number of fused-ring (bicyclic) bond motifs is 1. The molecule has 0 bridgehead atoms. The largest absolute Gasteiger partial charge is 0.383 e. The summed E-state index contributed by atoms with van der Waals surface area (Å²) in [6.07, 6.45) is 2.62. The van der Waals surface area contributed by atoms with E-state index in [9.17, 15) is 0 Å². The highest BCUT2D eigenvalue weighted by Gasteiger charge is 2.22. The lowest BCUT2D eigenvalue weighted by Crippen LogP contribution is -2.08. The lowest BCUT2D eigenvalue weighted by Gasteiger charge is -2.16. The molecule has 3 aromatic heterocycles. The minimum Gasteiger partial charge on any atom is -0.383 e. The van der Waals surface area contributed by atoms with Crippen LogP contribution in [-0.2, 0) is 0 Å². The number of rotatable bonds is 3. The Morgan fingerprint density at radius 1 is 1.14 bits per heavy atom. The second-order valence-corrected chi connectivity index (χ2v) is 8.75. The summed E-state index contributed by atoms with van der Waals surface area (Å²) in [5.41, 5.74) is 11.3. The van der Waals surface area contributed by atoms with E-state index in [4.69, 9.17) is 10.7 Å². The molecule has 0 amide bonds. The maximum absolute atomic E-state index is 6.21. The summed E-state index contributed by atoms with van der Waals surface area (Å²) in [6, 6.07) is 12.8. The lowest BCUT2D eigenvalue weighted by molar-refractivity contribution is 0.765. The third-order valence-electron chi connectivity index (χ3n) is 5.20. The average molecular weight is 452 g/mol. The highest BCUT2D eigenvalue weighted by atomic mass is 79.9. The first-order chi connectivity index (χ1) is 13.7. The van der Waals surface area contributed by atoms with Crippen molar-refractivity contribution in [3.8, 4) is 21.7 Å². The van der Waals surface area contributed by atoms with E-state index in [1.54, 1.807) is 11.3 Å². The van der Waals surface area contributed by atoms with Gasteiger partial charge in [0.1, 0.15) is 12.1 Å². The number of nitrogen functional groups attached to an aromatic ring is 1. The van der Waals surface area contributed by atoms with Crippen LogP contribution in [0.1, 0.15) is 17.9 Å². The van der Waals surface area contributed by atoms with Crippen molar-refractivity contribution in [2.45, 2.75) is 12.3 Å². The van der Waals surface area contributed by atoms with Crippen LogP contribution in [0.4, 0.5) is 5.82 Å². The van der Waals surface area contributed by atoms with Crippen molar-refractivity contribution < 1.29 is 0 Å². The zero-order valence-corrected chi connectivity index (χ0v) is 17.4. The Labute approximate surface area is 175 Å². The molecule has 1 atom stereocenters. The minimum absolute atomic E-state index is 0.455. The Hall–Kier alpha value is -2.35. The number of hydrogen-bond acceptors (Lipinski definition) is 6. The number of thiophene rings is 1. The molecule has 5 nitrogen and oxygen atoms in total. The number of hydrogen-bond donors (Lipinski definition) is 2. The van der Waals surface area contributed by atoms with Gasteiger partial charge in [0.15, 0.2) is 5.65 Å². The highest BCUT2D eigenvalue weighted by Crippen LogP contribution is 2.39. The van der Waals surface area contributed by atoms with Gasteiger partial charge in [-0.05, 0) is 52.5 Å². The quantitative estimate of drug-likeness (QED) is 0.465. The van der Waals surface area contributed by atoms with Crippen LogP contribution in [0.5, 0.6) is 0 Å². The molecule has 1 unspecified atom stereocenters. The van der Waals surface area contributed by atoms with Crippen molar-refractivity contribution in [1.82, 2.24) is 20.3 Å². The van der Waals surface area contributed by atoms with E-state index >= 15 is 0 Å². The zero-order chi connectivity index (χ0) is 19.1. The second kappa shape index (κ2) is 7.24. The third kappa shape index (κ3) is 3.09. The molecule has 1 aliphatic heterocycles. The fraction of sp³-hybridized carbons (Fsp3) is 0.190. The number of anilines is 1. The normalized spacial score (nSPS) is 16.7. The smallest absolute Gasteiger partial charge is 0.165 e. The summed E-state index contributed by atoms with van der Waals surface area (Å²) < 4.78 is 1.05. The predicted molar refractivity (Wildman–Crippen MR) is 118 cm³/mol. The summed E-state index contributed by atoms with van der Waals surface area (Å²) >= 11 is 5.22. The molecular formula is C21H18BrN5S. The van der Waals surface area contributed by atoms with Crippen LogP contribution >= 0.6 is 27.3 Å². The van der Waals surface area contributed by atoms with Crippen LogP contribution in [0.15, 0.2) is 52.6 Å². The summed E-state index contributed by atoms with van der Waals surface area (Å²) in [5, 5.41) is 6.34. The van der Waals surface area contributed by atoms with E-state index < -0.39 is 0 Å². The van der Waals surface area contributed by atoms with Crippen molar-refractivity contribution >= 4 is 44.1 Å². The van der Waals surface area contributed by atoms with Crippen LogP contribution in [0.25, 0.3) is 32.7 Å². The number of benzene rings is 1. The van der Waals surface area contributed by atoms with Gasteiger partial charge in [0, 0.05) is 32.4 Å². The van der Waals surface area contributed by atoms with E-state index in [2.05, 4.69) is 73.0 Å². The first-order valence-electron chi connectivity index (χ1n) is 9.16. The SMILES string of the molecule is Nc1ncnc2nc(-c3ccccc3C3CCNC3)cc(-c3cc(Br)cs3)c12. The molecule has 5 rings (SSSR count). The fourth-order valence-electron chi connectivity index (χ4n) is 3.88. The Morgan fingerprint density at radius 3 is 2.82 bits per heavy atom. The van der Waals surface area contributed by atoms with Gasteiger partial charge in [0.05, 0.1) is 11.1 Å². The number of nitrogens with zero attached hydrogens (tertiary/aromatic N) is 3. The molecule has 28 heavy (non-hydrogen) atoms. The van der Waals surface area contributed by atoms with Gasteiger partial charge in [-0.25, -0.2) is 15.0 Å². The number of aromatic nitrogens is 3. The van der Waals surface area contributed by atoms with Gasteiger partial charge in [-0.15, -0.1) is 11.3 Å². The number of nitrogens with two attached hydrogens (primary N) is 1. The number of nitrogens with one attached hydrogen (secondary N) is 1. The maximum Gasteiger partial charge on any atom is 0.165 e. The fourth-order valence-corrected chi connectivity index (χ4v) is 5.33. The topological polar surface area (TPSA) is 76.7 Å². The summed E-state index contributed by atoms with van der Waals surface area (Å²) in [5.74, 6) is 0.959. The number of pyridine rings is 1. The van der Waals surface area contributed by atoms with Crippen molar-refractivity contribution in [1.29, 1.82) is 0 Å². The lowest BCUT2D eigenvalue weighted by atomic mass is 9.91. The molecule has 4 heterocycles. The molecule has 4 aromatic rings. The highest BCUT2D eigenvalue weighted by molar-refractivity contribution is 9.10. The average Bonchev–Trinajstić information content (AvgIpc) is 3.39. The summed E-state index contributed by atoms with van der Waals surface area (Å²) in [6.45, 7) is 2.06. The molecule has 0 radical (unpaired) electrons. The molecule has 7 heteroatoms. The van der Waals surface area contributed by atoms with Crippen molar-refractivity contribution in [3.63, 3.8) is 0 Å². The van der Waals surface area contributed by atoms with E-state index in [0.29, 0.717) is 17.4 Å². The van der Waals surface area contributed by atoms with Crippen molar-refractivity contribution in [2.24, 2.45) is 0 Å². The number of halogens is 1. The van der Waals surface area contributed by atoms with Gasteiger partial charge >= 0.3 is 0 Å². The maximum atomic E-state index is 6.21. The first kappa shape index (κ1) is 17.7. The second-order valence-electron chi connectivity index (χ2n) is 6.92. The van der Waals surface area contributed by atoms with Gasteiger partial charge in [-0.2, -0.15) is 0 Å². The van der Waals surface area contributed by atoms with Crippen LogP contribution in [-0.4, -0.2) is 28.0 Å². The van der Waals surface area contributed by atoms with E-state index in [1.807, 2.05) is 0 Å². The van der Waals surface area contributed by atoms with Gasteiger partial charge in [-0.1, -0.05) is 24.3 Å². The Balaban J connectivity index is 1.76. The molecule has 1 fully saturated rings. The Morgan fingerprint density at radius 2 is 2.04 bits per heavy atom. The molecular weight excluding hydrogens is 434 g/mol. The van der Waals surface area contributed by atoms with Gasteiger partial charge < -0.3 is 11.1 Å². The summed E-state index contributed by atoms with van der Waals surface area (Å²) in [7, 11) is 0. The van der Waals surface area contributed by atoms with E-state index in [-0.39, 0.29) is 0 Å². The van der Waals surface area contributed by atoms with Gasteiger partial charge in [0.2, 0.25) is 0 Å². The molecule has 3 N–H and O–H groups in total. The van der Waals surface area contributed by atoms with E-state index in [1.165, 1.54) is 11.9 Å². The molecule has 1 aliphatic rings. The zero-order valence-electron chi connectivity index (χ0n) is 15.0. The van der Waals surface area contributed by atoms with Gasteiger partial charge in [-0.3, -0.25) is 0 Å². The minimum atomic E-state index is 0.455. The van der Waals surface area contributed by atoms with Crippen LogP contribution in [0.2, 0.25) is 0 Å². The monoisotopic (exact) mass is 451 g/mol. The molecule has 0 spiro atoms.